The highest BCUT2D eigenvalue weighted by atomic mass is 32.2. The summed E-state index contributed by atoms with van der Waals surface area (Å²) in [6.07, 6.45) is 5.25. The van der Waals surface area contributed by atoms with Crippen LogP contribution in [0.5, 0.6) is 0 Å². The topological polar surface area (TPSA) is 49.4 Å². The maximum absolute atomic E-state index is 11.5. The first-order valence-corrected chi connectivity index (χ1v) is 8.13. The summed E-state index contributed by atoms with van der Waals surface area (Å²) in [6.45, 7) is 3.83. The van der Waals surface area contributed by atoms with E-state index in [2.05, 4.69) is 12.2 Å². The second kappa shape index (κ2) is 6.71. The van der Waals surface area contributed by atoms with Crippen molar-refractivity contribution < 1.29 is 8.42 Å². The Morgan fingerprint density at radius 1 is 1.29 bits per heavy atom. The van der Waals surface area contributed by atoms with Crippen LogP contribution in [0.4, 0.5) is 0 Å². The van der Waals surface area contributed by atoms with Gasteiger partial charge in [0.15, 0.2) is 0 Å². The Morgan fingerprint density at radius 3 is 2.59 bits per heavy atom. The average molecular weight is 262 g/mol. The van der Waals surface area contributed by atoms with E-state index in [-0.39, 0.29) is 5.75 Å². The summed E-state index contributed by atoms with van der Waals surface area (Å²) >= 11 is 0. The van der Waals surface area contributed by atoms with Crippen LogP contribution in [0.25, 0.3) is 0 Å². The lowest BCUT2D eigenvalue weighted by molar-refractivity contribution is 0.276. The van der Waals surface area contributed by atoms with E-state index in [1.807, 2.05) is 0 Å². The van der Waals surface area contributed by atoms with Gasteiger partial charge < -0.3 is 5.32 Å². The summed E-state index contributed by atoms with van der Waals surface area (Å²) in [5.41, 5.74) is 0. The molecule has 0 spiro atoms. The Kier molecular flexibility index (Phi) is 5.89. The zero-order valence-electron chi connectivity index (χ0n) is 11.3. The molecule has 0 saturated heterocycles. The zero-order chi connectivity index (χ0) is 12.9. The van der Waals surface area contributed by atoms with Crippen molar-refractivity contribution in [2.24, 2.45) is 11.8 Å². The van der Waals surface area contributed by atoms with E-state index in [9.17, 15) is 8.42 Å². The maximum Gasteiger partial charge on any atom is 0.214 e. The van der Waals surface area contributed by atoms with Crippen molar-refractivity contribution >= 4 is 10.0 Å². The molecule has 0 aromatic heterocycles. The smallest absolute Gasteiger partial charge is 0.214 e. The Bertz CT molecular complexity index is 314. The Morgan fingerprint density at radius 2 is 2.00 bits per heavy atom. The second-order valence-corrected chi connectivity index (χ2v) is 7.74. The number of nitrogens with one attached hydrogen (secondary N) is 1. The first-order valence-electron chi connectivity index (χ1n) is 6.52. The van der Waals surface area contributed by atoms with Crippen molar-refractivity contribution in [2.75, 3.05) is 32.9 Å². The third-order valence-corrected chi connectivity index (χ3v) is 5.40. The number of rotatable bonds is 6. The van der Waals surface area contributed by atoms with Crippen LogP contribution in [0, 0.1) is 11.8 Å². The summed E-state index contributed by atoms with van der Waals surface area (Å²) in [5.74, 6) is 1.77. The van der Waals surface area contributed by atoms with Crippen LogP contribution in [-0.4, -0.2) is 45.7 Å². The fourth-order valence-electron chi connectivity index (χ4n) is 2.44. The molecular formula is C12H26N2O2S. The van der Waals surface area contributed by atoms with Gasteiger partial charge in [0, 0.05) is 20.6 Å². The van der Waals surface area contributed by atoms with E-state index in [4.69, 9.17) is 0 Å². The zero-order valence-corrected chi connectivity index (χ0v) is 12.1. The highest BCUT2D eigenvalue weighted by molar-refractivity contribution is 7.89. The summed E-state index contributed by atoms with van der Waals surface area (Å²) in [4.78, 5) is 0. The van der Waals surface area contributed by atoms with Crippen molar-refractivity contribution in [3.63, 3.8) is 0 Å². The van der Waals surface area contributed by atoms with Crippen LogP contribution in [0.2, 0.25) is 0 Å². The number of hydrogen-bond acceptors (Lipinski definition) is 3. The molecule has 0 radical (unpaired) electrons. The fourth-order valence-corrected chi connectivity index (χ4v) is 3.20. The van der Waals surface area contributed by atoms with Gasteiger partial charge in [-0.2, -0.15) is 0 Å². The molecular weight excluding hydrogens is 236 g/mol. The molecule has 1 N–H and O–H groups in total. The lowest BCUT2D eigenvalue weighted by Gasteiger charge is -2.26. The van der Waals surface area contributed by atoms with Crippen LogP contribution in [0.1, 0.15) is 32.6 Å². The predicted molar refractivity (Wildman–Crippen MR) is 71.5 cm³/mol. The van der Waals surface area contributed by atoms with Gasteiger partial charge in [0.2, 0.25) is 10.0 Å². The molecule has 0 bridgehead atoms. The third kappa shape index (κ3) is 5.36. The second-order valence-electron chi connectivity index (χ2n) is 5.44. The standard InChI is InChI=1S/C12H26N2O2S/c1-11-5-4-6-12(9-11)10-13-7-8-17(15,16)14(2)3/h11-13H,4-10H2,1-3H3. The van der Waals surface area contributed by atoms with Gasteiger partial charge in [-0.25, -0.2) is 12.7 Å². The molecule has 4 nitrogen and oxygen atoms in total. The quantitative estimate of drug-likeness (QED) is 0.734. The minimum Gasteiger partial charge on any atom is -0.315 e. The SMILES string of the molecule is CC1CCCC(CNCCS(=O)(=O)N(C)C)C1. The Hall–Kier alpha value is -0.130. The molecule has 1 fully saturated rings. The highest BCUT2D eigenvalue weighted by Crippen LogP contribution is 2.27. The van der Waals surface area contributed by atoms with Gasteiger partial charge in [-0.15, -0.1) is 0 Å². The molecule has 1 rings (SSSR count). The first-order chi connectivity index (χ1) is 7.92. The first kappa shape index (κ1) is 14.9. The van der Waals surface area contributed by atoms with Gasteiger partial charge >= 0.3 is 0 Å². The van der Waals surface area contributed by atoms with Crippen LogP contribution >= 0.6 is 0 Å². The van der Waals surface area contributed by atoms with Gasteiger partial charge in [0.25, 0.3) is 0 Å². The minimum atomic E-state index is -3.04. The molecule has 2 atom stereocenters. The number of hydrogen-bond donors (Lipinski definition) is 1. The molecule has 102 valence electrons. The third-order valence-electron chi connectivity index (χ3n) is 3.57. The van der Waals surface area contributed by atoms with Gasteiger partial charge in [0.1, 0.15) is 0 Å². The van der Waals surface area contributed by atoms with Crippen LogP contribution in [0.15, 0.2) is 0 Å². The van der Waals surface area contributed by atoms with E-state index < -0.39 is 10.0 Å². The molecule has 1 aliphatic carbocycles. The minimum absolute atomic E-state index is 0.197. The van der Waals surface area contributed by atoms with Crippen LogP contribution < -0.4 is 5.32 Å². The van der Waals surface area contributed by atoms with Crippen LogP contribution in [0.3, 0.4) is 0 Å². The fraction of sp³-hybridized carbons (Fsp3) is 1.00. The summed E-state index contributed by atoms with van der Waals surface area (Å²) in [6, 6.07) is 0. The summed E-state index contributed by atoms with van der Waals surface area (Å²) in [7, 11) is 0.122. The van der Waals surface area contributed by atoms with Gasteiger partial charge in [-0.1, -0.05) is 19.8 Å². The average Bonchev–Trinajstić information content (AvgIpc) is 2.24. The molecule has 0 heterocycles. The van der Waals surface area contributed by atoms with Crippen molar-refractivity contribution in [1.29, 1.82) is 0 Å². The van der Waals surface area contributed by atoms with Crippen molar-refractivity contribution in [1.82, 2.24) is 9.62 Å². The molecule has 1 saturated carbocycles. The van der Waals surface area contributed by atoms with E-state index in [0.717, 1.165) is 18.4 Å². The predicted octanol–water partition coefficient (Wildman–Crippen LogP) is 1.29. The molecule has 0 aromatic carbocycles. The number of sulfonamides is 1. The monoisotopic (exact) mass is 262 g/mol. The summed E-state index contributed by atoms with van der Waals surface area (Å²) < 4.78 is 24.3. The van der Waals surface area contributed by atoms with E-state index in [1.54, 1.807) is 14.1 Å². The van der Waals surface area contributed by atoms with E-state index in [0.29, 0.717) is 6.54 Å². The Balaban J connectivity index is 2.16. The molecule has 17 heavy (non-hydrogen) atoms. The molecule has 0 aromatic rings. The van der Waals surface area contributed by atoms with Crippen molar-refractivity contribution in [2.45, 2.75) is 32.6 Å². The molecule has 1 aliphatic rings. The van der Waals surface area contributed by atoms with Crippen molar-refractivity contribution in [3.05, 3.63) is 0 Å². The number of nitrogens with zero attached hydrogens (tertiary/aromatic N) is 1. The molecule has 0 amide bonds. The lowest BCUT2D eigenvalue weighted by atomic mass is 9.82. The largest absolute Gasteiger partial charge is 0.315 e. The molecule has 0 aliphatic heterocycles. The van der Waals surface area contributed by atoms with Gasteiger partial charge in [-0.3, -0.25) is 0 Å². The van der Waals surface area contributed by atoms with Gasteiger partial charge in [-0.05, 0) is 31.2 Å². The molecule has 2 unspecified atom stereocenters. The Labute approximate surface area is 106 Å². The maximum atomic E-state index is 11.5. The van der Waals surface area contributed by atoms with Gasteiger partial charge in [0.05, 0.1) is 5.75 Å². The lowest BCUT2D eigenvalue weighted by Crippen LogP contribution is -2.34. The summed E-state index contributed by atoms with van der Waals surface area (Å²) in [5, 5.41) is 3.28. The van der Waals surface area contributed by atoms with E-state index in [1.165, 1.54) is 30.0 Å². The van der Waals surface area contributed by atoms with E-state index >= 15 is 0 Å². The molecule has 5 heteroatoms. The van der Waals surface area contributed by atoms with Crippen molar-refractivity contribution in [3.8, 4) is 0 Å². The normalized spacial score (nSPS) is 26.4. The highest BCUT2D eigenvalue weighted by Gasteiger charge is 2.19. The van der Waals surface area contributed by atoms with Crippen LogP contribution in [-0.2, 0) is 10.0 Å².